The summed E-state index contributed by atoms with van der Waals surface area (Å²) in [7, 11) is 0. The van der Waals surface area contributed by atoms with E-state index in [9.17, 15) is 8.78 Å². The highest BCUT2D eigenvalue weighted by Crippen LogP contribution is 2.37. The zero-order chi connectivity index (χ0) is 16.7. The lowest BCUT2D eigenvalue weighted by molar-refractivity contribution is 0.589. The SMILES string of the molecule is CCc1csc2nc(-c3c(F)cccc3F)c(NC3CCCC3)n12. The molecular weight excluding hydrogens is 328 g/mol. The molecule has 1 aromatic carbocycles. The van der Waals surface area contributed by atoms with Gasteiger partial charge in [-0.25, -0.2) is 13.8 Å². The minimum atomic E-state index is -0.576. The molecule has 0 unspecified atom stereocenters. The summed E-state index contributed by atoms with van der Waals surface area (Å²) in [6.07, 6.45) is 5.38. The van der Waals surface area contributed by atoms with Crippen LogP contribution in [0.2, 0.25) is 0 Å². The van der Waals surface area contributed by atoms with Crippen molar-refractivity contribution in [3.8, 4) is 11.3 Å². The van der Waals surface area contributed by atoms with Crippen molar-refractivity contribution in [2.45, 2.75) is 45.1 Å². The molecule has 1 N–H and O–H groups in total. The Morgan fingerprint density at radius 3 is 2.62 bits per heavy atom. The van der Waals surface area contributed by atoms with Crippen molar-refractivity contribution in [1.82, 2.24) is 9.38 Å². The number of fused-ring (bicyclic) bond motifs is 1. The Morgan fingerprint density at radius 1 is 1.25 bits per heavy atom. The Bertz CT molecular complexity index is 858. The van der Waals surface area contributed by atoms with Gasteiger partial charge >= 0.3 is 0 Å². The molecule has 0 aliphatic heterocycles. The zero-order valence-electron chi connectivity index (χ0n) is 13.5. The minimum Gasteiger partial charge on any atom is -0.367 e. The fourth-order valence-corrected chi connectivity index (χ4v) is 4.43. The number of thiazole rings is 1. The van der Waals surface area contributed by atoms with Crippen molar-refractivity contribution < 1.29 is 8.78 Å². The quantitative estimate of drug-likeness (QED) is 0.698. The first-order valence-electron chi connectivity index (χ1n) is 8.38. The lowest BCUT2D eigenvalue weighted by Gasteiger charge is -2.15. The fraction of sp³-hybridized carbons (Fsp3) is 0.389. The van der Waals surface area contributed by atoms with Crippen LogP contribution in [0.25, 0.3) is 16.2 Å². The van der Waals surface area contributed by atoms with Gasteiger partial charge in [-0.15, -0.1) is 11.3 Å². The molecule has 2 aromatic heterocycles. The van der Waals surface area contributed by atoms with E-state index in [1.54, 1.807) is 0 Å². The van der Waals surface area contributed by atoms with Crippen LogP contribution >= 0.6 is 11.3 Å². The maximum atomic E-state index is 14.3. The summed E-state index contributed by atoms with van der Waals surface area (Å²) < 4.78 is 30.7. The van der Waals surface area contributed by atoms with Gasteiger partial charge in [-0.1, -0.05) is 25.8 Å². The van der Waals surface area contributed by atoms with E-state index >= 15 is 0 Å². The Morgan fingerprint density at radius 2 is 1.96 bits per heavy atom. The smallest absolute Gasteiger partial charge is 0.196 e. The zero-order valence-corrected chi connectivity index (χ0v) is 14.3. The van der Waals surface area contributed by atoms with Crippen LogP contribution in [0.5, 0.6) is 0 Å². The maximum absolute atomic E-state index is 14.3. The second-order valence-corrected chi connectivity index (χ2v) is 7.07. The van der Waals surface area contributed by atoms with Gasteiger partial charge in [-0.05, 0) is 31.4 Å². The van der Waals surface area contributed by atoms with Crippen molar-refractivity contribution in [3.63, 3.8) is 0 Å². The second-order valence-electron chi connectivity index (χ2n) is 6.23. The second kappa shape index (κ2) is 6.16. The van der Waals surface area contributed by atoms with Crippen LogP contribution in [0.15, 0.2) is 23.6 Å². The molecule has 6 heteroatoms. The standard InChI is InChI=1S/C18H19F2N3S/c1-2-12-10-24-18-22-16(15-13(19)8-5-9-14(15)20)17(23(12)18)21-11-6-3-4-7-11/h5,8-11,21H,2-4,6-7H2,1H3. The third-order valence-electron chi connectivity index (χ3n) is 4.69. The van der Waals surface area contributed by atoms with Gasteiger partial charge < -0.3 is 5.32 Å². The number of aromatic nitrogens is 2. The molecular formula is C18H19F2N3S. The Labute approximate surface area is 143 Å². The van der Waals surface area contributed by atoms with Gasteiger partial charge in [0.15, 0.2) is 4.96 Å². The molecule has 24 heavy (non-hydrogen) atoms. The number of aryl methyl sites for hydroxylation is 1. The van der Waals surface area contributed by atoms with Gasteiger partial charge in [-0.3, -0.25) is 4.40 Å². The van der Waals surface area contributed by atoms with Crippen molar-refractivity contribution in [3.05, 3.63) is 40.9 Å². The van der Waals surface area contributed by atoms with Gasteiger partial charge in [0.1, 0.15) is 23.1 Å². The van der Waals surface area contributed by atoms with Gasteiger partial charge in [-0.2, -0.15) is 0 Å². The number of anilines is 1. The molecule has 0 radical (unpaired) electrons. The number of rotatable bonds is 4. The summed E-state index contributed by atoms with van der Waals surface area (Å²) in [6.45, 7) is 2.07. The number of hydrogen-bond donors (Lipinski definition) is 1. The van der Waals surface area contributed by atoms with Gasteiger partial charge in [0.25, 0.3) is 0 Å². The average molecular weight is 347 g/mol. The maximum Gasteiger partial charge on any atom is 0.196 e. The van der Waals surface area contributed by atoms with Crippen LogP contribution in [0.3, 0.4) is 0 Å². The van der Waals surface area contributed by atoms with E-state index in [4.69, 9.17) is 0 Å². The molecule has 1 aliphatic rings. The monoisotopic (exact) mass is 347 g/mol. The fourth-order valence-electron chi connectivity index (χ4n) is 3.46. The molecule has 0 amide bonds. The summed E-state index contributed by atoms with van der Waals surface area (Å²) in [5.74, 6) is -0.430. The molecule has 0 bridgehead atoms. The van der Waals surface area contributed by atoms with Gasteiger partial charge in [0.05, 0.1) is 5.56 Å². The van der Waals surface area contributed by atoms with Crippen LogP contribution < -0.4 is 5.32 Å². The highest BCUT2D eigenvalue weighted by molar-refractivity contribution is 7.15. The first-order valence-corrected chi connectivity index (χ1v) is 9.26. The largest absolute Gasteiger partial charge is 0.367 e. The van der Waals surface area contributed by atoms with Gasteiger partial charge in [0.2, 0.25) is 0 Å². The molecule has 0 saturated heterocycles. The molecule has 1 fully saturated rings. The molecule has 1 aliphatic carbocycles. The molecule has 126 valence electrons. The van der Waals surface area contributed by atoms with Crippen molar-refractivity contribution >= 4 is 22.1 Å². The number of halogens is 2. The van der Waals surface area contributed by atoms with Crippen LogP contribution in [0, 0.1) is 11.6 Å². The first-order chi connectivity index (χ1) is 11.7. The summed E-state index contributed by atoms with van der Waals surface area (Å²) in [4.78, 5) is 5.32. The predicted octanol–water partition coefficient (Wildman–Crippen LogP) is 5.26. The van der Waals surface area contributed by atoms with E-state index in [1.165, 1.54) is 42.4 Å². The summed E-state index contributed by atoms with van der Waals surface area (Å²) in [5, 5.41) is 5.58. The van der Waals surface area contributed by atoms with Crippen LogP contribution in [0.1, 0.15) is 38.3 Å². The van der Waals surface area contributed by atoms with E-state index in [2.05, 4.69) is 22.6 Å². The third-order valence-corrected chi connectivity index (χ3v) is 5.57. The van der Waals surface area contributed by atoms with Crippen LogP contribution in [-0.4, -0.2) is 15.4 Å². The number of nitrogens with one attached hydrogen (secondary N) is 1. The van der Waals surface area contributed by atoms with E-state index in [0.717, 1.165) is 35.7 Å². The van der Waals surface area contributed by atoms with Crippen molar-refractivity contribution in [2.75, 3.05) is 5.32 Å². The molecule has 2 heterocycles. The third kappa shape index (κ3) is 2.49. The number of imidazole rings is 1. The normalized spacial score (nSPS) is 15.5. The van der Waals surface area contributed by atoms with Crippen LogP contribution in [-0.2, 0) is 6.42 Å². The Kier molecular flexibility index (Phi) is 4.00. The molecule has 0 spiro atoms. The first kappa shape index (κ1) is 15.6. The predicted molar refractivity (Wildman–Crippen MR) is 93.7 cm³/mol. The molecule has 1 saturated carbocycles. The summed E-state index contributed by atoms with van der Waals surface area (Å²) in [5.41, 5.74) is 1.43. The Balaban J connectivity index is 1.92. The van der Waals surface area contributed by atoms with E-state index in [-0.39, 0.29) is 5.56 Å². The summed E-state index contributed by atoms with van der Waals surface area (Å²) in [6, 6.07) is 4.29. The Hall–Kier alpha value is -1.95. The highest BCUT2D eigenvalue weighted by atomic mass is 32.1. The van der Waals surface area contributed by atoms with Crippen molar-refractivity contribution in [2.24, 2.45) is 0 Å². The average Bonchev–Trinajstić information content (AvgIpc) is 3.26. The minimum absolute atomic E-state index is 0.0454. The molecule has 0 atom stereocenters. The number of hydrogen-bond acceptors (Lipinski definition) is 3. The molecule has 3 aromatic rings. The topological polar surface area (TPSA) is 29.3 Å². The number of nitrogens with zero attached hydrogens (tertiary/aromatic N) is 2. The van der Waals surface area contributed by atoms with Crippen LogP contribution in [0.4, 0.5) is 14.6 Å². The lowest BCUT2D eigenvalue weighted by atomic mass is 10.1. The lowest BCUT2D eigenvalue weighted by Crippen LogP contribution is -2.17. The summed E-state index contributed by atoms with van der Waals surface area (Å²) >= 11 is 1.50. The van der Waals surface area contributed by atoms with E-state index < -0.39 is 11.6 Å². The van der Waals surface area contributed by atoms with E-state index in [0.29, 0.717) is 11.7 Å². The molecule has 3 nitrogen and oxygen atoms in total. The van der Waals surface area contributed by atoms with E-state index in [1.807, 2.05) is 4.40 Å². The van der Waals surface area contributed by atoms with Crippen molar-refractivity contribution in [1.29, 1.82) is 0 Å². The number of benzene rings is 1. The van der Waals surface area contributed by atoms with Gasteiger partial charge in [0, 0.05) is 17.1 Å². The highest BCUT2D eigenvalue weighted by Gasteiger charge is 2.25. The molecule has 4 rings (SSSR count).